The van der Waals surface area contributed by atoms with Gasteiger partial charge in [0.1, 0.15) is 5.75 Å². The fourth-order valence-corrected chi connectivity index (χ4v) is 1.50. The third-order valence-corrected chi connectivity index (χ3v) is 2.29. The SMILES string of the molecule is CCc1cc(Cl)c(OC)cc1C. The molecule has 1 aromatic rings. The summed E-state index contributed by atoms with van der Waals surface area (Å²) in [4.78, 5) is 0. The van der Waals surface area contributed by atoms with Crippen LogP contribution in [0, 0.1) is 6.92 Å². The van der Waals surface area contributed by atoms with Crippen molar-refractivity contribution in [1.29, 1.82) is 0 Å². The van der Waals surface area contributed by atoms with Crippen molar-refractivity contribution in [3.05, 3.63) is 28.3 Å². The Labute approximate surface area is 78.3 Å². The average Bonchev–Trinajstić information content (AvgIpc) is 2.08. The van der Waals surface area contributed by atoms with Gasteiger partial charge in [-0.15, -0.1) is 0 Å². The molecular formula is C10H13ClO. The standard InChI is InChI=1S/C10H13ClO/c1-4-8-6-9(11)10(12-3)5-7(8)2/h5-6H,4H2,1-3H3. The topological polar surface area (TPSA) is 9.23 Å². The summed E-state index contributed by atoms with van der Waals surface area (Å²) in [5, 5.41) is 0.694. The molecule has 0 aliphatic rings. The van der Waals surface area contributed by atoms with Gasteiger partial charge in [-0.2, -0.15) is 0 Å². The van der Waals surface area contributed by atoms with Gasteiger partial charge in [0, 0.05) is 0 Å². The van der Waals surface area contributed by atoms with E-state index in [4.69, 9.17) is 16.3 Å². The van der Waals surface area contributed by atoms with Crippen LogP contribution in [0.25, 0.3) is 0 Å². The van der Waals surface area contributed by atoms with Crippen molar-refractivity contribution in [1.82, 2.24) is 0 Å². The van der Waals surface area contributed by atoms with Crippen molar-refractivity contribution >= 4 is 11.6 Å². The first-order valence-corrected chi connectivity index (χ1v) is 4.39. The van der Waals surface area contributed by atoms with E-state index in [9.17, 15) is 0 Å². The minimum Gasteiger partial charge on any atom is -0.495 e. The van der Waals surface area contributed by atoms with Crippen molar-refractivity contribution in [3.63, 3.8) is 0 Å². The van der Waals surface area contributed by atoms with E-state index >= 15 is 0 Å². The third kappa shape index (κ3) is 1.72. The van der Waals surface area contributed by atoms with E-state index in [0.717, 1.165) is 12.2 Å². The molecule has 0 aliphatic carbocycles. The van der Waals surface area contributed by atoms with Crippen molar-refractivity contribution in [3.8, 4) is 5.75 Å². The minimum atomic E-state index is 0.694. The maximum absolute atomic E-state index is 5.96. The van der Waals surface area contributed by atoms with Gasteiger partial charge in [0.2, 0.25) is 0 Å². The Bertz CT molecular complexity index is 252. The highest BCUT2D eigenvalue weighted by Gasteiger charge is 2.03. The summed E-state index contributed by atoms with van der Waals surface area (Å²) >= 11 is 5.96. The number of methoxy groups -OCH3 is 1. The first-order chi connectivity index (χ1) is 5.69. The summed E-state index contributed by atoms with van der Waals surface area (Å²) < 4.78 is 5.09. The summed E-state index contributed by atoms with van der Waals surface area (Å²) in [5.74, 6) is 0.756. The molecule has 0 bridgehead atoms. The Kier molecular flexibility index (Phi) is 2.99. The monoisotopic (exact) mass is 184 g/mol. The molecule has 0 atom stereocenters. The van der Waals surface area contributed by atoms with Crippen molar-refractivity contribution < 1.29 is 4.74 Å². The number of hydrogen-bond donors (Lipinski definition) is 0. The number of ether oxygens (including phenoxy) is 1. The van der Waals surface area contributed by atoms with Gasteiger partial charge in [0.05, 0.1) is 12.1 Å². The smallest absolute Gasteiger partial charge is 0.137 e. The molecule has 12 heavy (non-hydrogen) atoms. The second-order valence-corrected chi connectivity index (χ2v) is 3.17. The van der Waals surface area contributed by atoms with Gasteiger partial charge in [-0.1, -0.05) is 18.5 Å². The quantitative estimate of drug-likeness (QED) is 0.686. The van der Waals surface area contributed by atoms with Crippen LogP contribution in [-0.4, -0.2) is 7.11 Å². The van der Waals surface area contributed by atoms with E-state index in [1.54, 1.807) is 7.11 Å². The van der Waals surface area contributed by atoms with Gasteiger partial charge in [-0.05, 0) is 36.6 Å². The van der Waals surface area contributed by atoms with E-state index in [1.165, 1.54) is 11.1 Å². The van der Waals surface area contributed by atoms with Gasteiger partial charge in [-0.25, -0.2) is 0 Å². The van der Waals surface area contributed by atoms with Crippen LogP contribution in [0.4, 0.5) is 0 Å². The first-order valence-electron chi connectivity index (χ1n) is 4.02. The summed E-state index contributed by atoms with van der Waals surface area (Å²) in [7, 11) is 1.63. The predicted octanol–water partition coefficient (Wildman–Crippen LogP) is 3.22. The lowest BCUT2D eigenvalue weighted by Crippen LogP contribution is -1.90. The lowest BCUT2D eigenvalue weighted by molar-refractivity contribution is 0.414. The highest BCUT2D eigenvalue weighted by atomic mass is 35.5. The van der Waals surface area contributed by atoms with Crippen LogP contribution >= 0.6 is 11.6 Å². The molecule has 66 valence electrons. The van der Waals surface area contributed by atoms with Crippen molar-refractivity contribution in [2.45, 2.75) is 20.3 Å². The molecular weight excluding hydrogens is 172 g/mol. The summed E-state index contributed by atoms with van der Waals surface area (Å²) in [6.07, 6.45) is 1.01. The van der Waals surface area contributed by atoms with Gasteiger partial charge in [0.15, 0.2) is 0 Å². The number of halogens is 1. The third-order valence-electron chi connectivity index (χ3n) is 1.99. The summed E-state index contributed by atoms with van der Waals surface area (Å²) in [5.41, 5.74) is 2.51. The van der Waals surface area contributed by atoms with Crippen LogP contribution < -0.4 is 4.74 Å². The Hall–Kier alpha value is -0.690. The van der Waals surface area contributed by atoms with Gasteiger partial charge in [0.25, 0.3) is 0 Å². The fraction of sp³-hybridized carbons (Fsp3) is 0.400. The molecule has 2 heteroatoms. The maximum atomic E-state index is 5.96. The second-order valence-electron chi connectivity index (χ2n) is 2.77. The van der Waals surface area contributed by atoms with Crippen molar-refractivity contribution in [2.24, 2.45) is 0 Å². The van der Waals surface area contributed by atoms with Crippen LogP contribution in [-0.2, 0) is 6.42 Å². The van der Waals surface area contributed by atoms with Gasteiger partial charge >= 0.3 is 0 Å². The molecule has 0 aromatic heterocycles. The molecule has 0 unspecified atom stereocenters. The molecule has 1 aromatic carbocycles. The molecule has 0 heterocycles. The van der Waals surface area contributed by atoms with E-state index in [2.05, 4.69) is 13.8 Å². The highest BCUT2D eigenvalue weighted by Crippen LogP contribution is 2.27. The zero-order valence-corrected chi connectivity index (χ0v) is 8.40. The normalized spacial score (nSPS) is 10.0. The largest absolute Gasteiger partial charge is 0.495 e. The fourth-order valence-electron chi connectivity index (χ4n) is 1.23. The summed E-state index contributed by atoms with van der Waals surface area (Å²) in [6, 6.07) is 3.94. The van der Waals surface area contributed by atoms with Crippen LogP contribution in [0.3, 0.4) is 0 Å². The number of aryl methyl sites for hydroxylation is 2. The lowest BCUT2D eigenvalue weighted by Gasteiger charge is -2.07. The first kappa shape index (κ1) is 9.40. The maximum Gasteiger partial charge on any atom is 0.137 e. The Morgan fingerprint density at radius 1 is 1.42 bits per heavy atom. The molecule has 0 N–H and O–H groups in total. The molecule has 1 rings (SSSR count). The average molecular weight is 185 g/mol. The van der Waals surface area contributed by atoms with Crippen molar-refractivity contribution in [2.75, 3.05) is 7.11 Å². The van der Waals surface area contributed by atoms with E-state index < -0.39 is 0 Å². The van der Waals surface area contributed by atoms with Crippen LogP contribution in [0.15, 0.2) is 12.1 Å². The second kappa shape index (κ2) is 3.81. The highest BCUT2D eigenvalue weighted by molar-refractivity contribution is 6.32. The molecule has 0 saturated carbocycles. The molecule has 0 aliphatic heterocycles. The molecule has 0 saturated heterocycles. The Balaban J connectivity index is 3.16. The molecule has 0 radical (unpaired) electrons. The van der Waals surface area contributed by atoms with Gasteiger partial charge < -0.3 is 4.74 Å². The minimum absolute atomic E-state index is 0.694. The Morgan fingerprint density at radius 3 is 2.58 bits per heavy atom. The van der Waals surface area contributed by atoms with Gasteiger partial charge in [-0.3, -0.25) is 0 Å². The number of hydrogen-bond acceptors (Lipinski definition) is 1. The number of rotatable bonds is 2. The van der Waals surface area contributed by atoms with Crippen LogP contribution in [0.2, 0.25) is 5.02 Å². The molecule has 0 amide bonds. The summed E-state index contributed by atoms with van der Waals surface area (Å²) in [6.45, 7) is 4.18. The Morgan fingerprint density at radius 2 is 2.08 bits per heavy atom. The van der Waals surface area contributed by atoms with Crippen LogP contribution in [0.5, 0.6) is 5.75 Å². The molecule has 0 spiro atoms. The molecule has 1 nitrogen and oxygen atoms in total. The lowest BCUT2D eigenvalue weighted by atomic mass is 10.1. The van der Waals surface area contributed by atoms with E-state index in [-0.39, 0.29) is 0 Å². The van der Waals surface area contributed by atoms with E-state index in [0.29, 0.717) is 5.02 Å². The zero-order chi connectivity index (χ0) is 9.14. The predicted molar refractivity (Wildman–Crippen MR) is 52.1 cm³/mol. The van der Waals surface area contributed by atoms with E-state index in [1.807, 2.05) is 12.1 Å². The molecule has 0 fully saturated rings. The number of benzene rings is 1. The van der Waals surface area contributed by atoms with Crippen LogP contribution in [0.1, 0.15) is 18.1 Å². The zero-order valence-electron chi connectivity index (χ0n) is 7.65.